The Labute approximate surface area is 266 Å². The maximum atomic E-state index is 14.0. The molecule has 1 aromatic rings. The van der Waals surface area contributed by atoms with Gasteiger partial charge in [0.05, 0.1) is 30.3 Å². The summed E-state index contributed by atoms with van der Waals surface area (Å²) in [6, 6.07) is 0. The summed E-state index contributed by atoms with van der Waals surface area (Å²) in [5.74, 6) is -18.6. The molecule has 0 amide bonds. The first kappa shape index (κ1) is 36.1. The van der Waals surface area contributed by atoms with Crippen molar-refractivity contribution in [1.82, 2.24) is 0 Å². The first-order chi connectivity index (χ1) is 21.4. The Morgan fingerprint density at radius 1 is 0.739 bits per heavy atom. The number of benzene rings is 1. The first-order valence-electron chi connectivity index (χ1n) is 15.3. The number of carbonyl (C=O) groups excluding carboxylic acids is 9. The Morgan fingerprint density at radius 2 is 1.24 bits per heavy atom. The highest BCUT2D eigenvalue weighted by Crippen LogP contribution is 2.45. The van der Waals surface area contributed by atoms with Gasteiger partial charge in [-0.3, -0.25) is 43.2 Å². The van der Waals surface area contributed by atoms with Crippen molar-refractivity contribution in [3.8, 4) is 17.2 Å². The van der Waals surface area contributed by atoms with Gasteiger partial charge >= 0.3 is 0 Å². The quantitative estimate of drug-likeness (QED) is 0.250. The number of ether oxygens (including phenoxy) is 1. The molecule has 0 spiro atoms. The second kappa shape index (κ2) is 13.6. The van der Waals surface area contributed by atoms with Crippen molar-refractivity contribution in [2.75, 3.05) is 7.11 Å². The van der Waals surface area contributed by atoms with E-state index in [9.17, 15) is 53.4 Å². The minimum absolute atomic E-state index is 0.0236. The maximum Gasteiger partial charge on any atom is 0.167 e. The van der Waals surface area contributed by atoms with Crippen LogP contribution in [0, 0.1) is 41.9 Å². The Hall–Kier alpha value is -4.35. The number of phenols is 2. The number of hydrogen-bond acceptors (Lipinski definition) is 12. The number of ketones is 9. The molecule has 2 N–H and O–H groups in total. The van der Waals surface area contributed by atoms with E-state index in [4.69, 9.17) is 4.74 Å². The average molecular weight is 641 g/mol. The van der Waals surface area contributed by atoms with Crippen LogP contribution in [0.25, 0.3) is 0 Å². The lowest BCUT2D eigenvalue weighted by Gasteiger charge is -2.38. The number of methoxy groups -OCH3 is 1. The lowest BCUT2D eigenvalue weighted by molar-refractivity contribution is -0.157. The molecular formula is C34H40O12. The lowest BCUT2D eigenvalue weighted by atomic mass is 9.59. The van der Waals surface area contributed by atoms with E-state index in [-0.39, 0.29) is 41.7 Å². The zero-order chi connectivity index (χ0) is 35.0. The van der Waals surface area contributed by atoms with Crippen molar-refractivity contribution in [3.05, 3.63) is 16.7 Å². The van der Waals surface area contributed by atoms with Gasteiger partial charge in [-0.2, -0.15) is 0 Å². The minimum Gasteiger partial charge on any atom is -0.507 e. The van der Waals surface area contributed by atoms with Crippen LogP contribution in [0.3, 0.4) is 0 Å². The number of Topliss-reactive ketones (excluding diaryl/α,β-unsaturated/α-hetero) is 9. The van der Waals surface area contributed by atoms with Gasteiger partial charge < -0.3 is 14.9 Å². The second-order valence-corrected chi connectivity index (χ2v) is 12.6. The molecule has 5 atom stereocenters. The van der Waals surface area contributed by atoms with Gasteiger partial charge in [0.15, 0.2) is 52.0 Å². The van der Waals surface area contributed by atoms with Crippen LogP contribution in [-0.4, -0.2) is 69.4 Å². The van der Waals surface area contributed by atoms with Crippen LogP contribution >= 0.6 is 0 Å². The van der Waals surface area contributed by atoms with E-state index in [1.807, 2.05) is 0 Å². The van der Waals surface area contributed by atoms with Crippen molar-refractivity contribution in [3.63, 3.8) is 0 Å². The fraction of sp³-hybridized carbons (Fsp3) is 0.559. The molecule has 0 radical (unpaired) electrons. The van der Waals surface area contributed by atoms with E-state index in [0.717, 1.165) is 6.92 Å². The second-order valence-electron chi connectivity index (χ2n) is 12.6. The van der Waals surface area contributed by atoms with E-state index in [1.54, 1.807) is 13.8 Å². The highest BCUT2D eigenvalue weighted by Gasteiger charge is 2.59. The third-order valence-corrected chi connectivity index (χ3v) is 9.19. The molecule has 2 aliphatic carbocycles. The molecule has 2 saturated carbocycles. The summed E-state index contributed by atoms with van der Waals surface area (Å²) in [6.07, 6.45) is -1.19. The molecule has 0 aromatic heterocycles. The van der Waals surface area contributed by atoms with E-state index in [0.29, 0.717) is 6.42 Å². The van der Waals surface area contributed by atoms with Crippen molar-refractivity contribution in [2.24, 2.45) is 35.0 Å². The smallest absolute Gasteiger partial charge is 0.167 e. The van der Waals surface area contributed by atoms with Crippen LogP contribution in [0.15, 0.2) is 0 Å². The van der Waals surface area contributed by atoms with Crippen LogP contribution < -0.4 is 4.74 Å². The molecule has 2 aliphatic rings. The van der Waals surface area contributed by atoms with Crippen LogP contribution in [0.5, 0.6) is 17.2 Å². The lowest BCUT2D eigenvalue weighted by Crippen LogP contribution is -2.57. The summed E-state index contributed by atoms with van der Waals surface area (Å²) in [4.78, 5) is 120. The summed E-state index contributed by atoms with van der Waals surface area (Å²) in [6.45, 7) is 8.35. The monoisotopic (exact) mass is 640 g/mol. The van der Waals surface area contributed by atoms with Crippen molar-refractivity contribution < 1.29 is 58.1 Å². The van der Waals surface area contributed by atoms with Gasteiger partial charge in [0.25, 0.3) is 0 Å². The molecule has 0 heterocycles. The largest absolute Gasteiger partial charge is 0.507 e. The molecule has 12 nitrogen and oxygen atoms in total. The predicted molar refractivity (Wildman–Crippen MR) is 160 cm³/mol. The molecule has 46 heavy (non-hydrogen) atoms. The van der Waals surface area contributed by atoms with Crippen molar-refractivity contribution in [2.45, 2.75) is 80.1 Å². The van der Waals surface area contributed by atoms with Gasteiger partial charge in [0.1, 0.15) is 34.6 Å². The number of aromatic hydroxyl groups is 2. The normalized spacial score (nSPS) is 24.7. The van der Waals surface area contributed by atoms with Crippen LogP contribution in [0.2, 0.25) is 0 Å². The SMILES string of the molecule is CCCC(=O)C1C(=O)C(Cc2c(O)c(C)c(OC)c(C(C)=O)c2O)C(=O)C(CC2C(=O)C(C(=O)CCC)C(=O)C(C)(C)C2=O)C1=O. The number of phenolic OH excluding ortho intramolecular Hbond substituents is 2. The maximum absolute atomic E-state index is 14.0. The van der Waals surface area contributed by atoms with E-state index >= 15 is 0 Å². The van der Waals surface area contributed by atoms with Gasteiger partial charge in [0, 0.05) is 24.0 Å². The molecule has 0 bridgehead atoms. The zero-order valence-electron chi connectivity index (χ0n) is 27.1. The first-order valence-corrected chi connectivity index (χ1v) is 15.3. The van der Waals surface area contributed by atoms with Gasteiger partial charge in [-0.25, -0.2) is 0 Å². The van der Waals surface area contributed by atoms with Gasteiger partial charge in [-0.15, -0.1) is 0 Å². The van der Waals surface area contributed by atoms with Crippen LogP contribution in [-0.2, 0) is 44.8 Å². The Morgan fingerprint density at radius 3 is 1.74 bits per heavy atom. The number of hydrogen-bond donors (Lipinski definition) is 2. The van der Waals surface area contributed by atoms with E-state index in [2.05, 4.69) is 0 Å². The molecule has 12 heteroatoms. The highest BCUT2D eigenvalue weighted by atomic mass is 16.5. The molecule has 0 aliphatic heterocycles. The molecule has 2 fully saturated rings. The molecule has 0 saturated heterocycles. The molecule has 5 unspecified atom stereocenters. The highest BCUT2D eigenvalue weighted by molar-refractivity contribution is 6.35. The number of rotatable bonds is 12. The Kier molecular flexibility index (Phi) is 10.6. The van der Waals surface area contributed by atoms with Crippen molar-refractivity contribution >= 4 is 52.0 Å². The van der Waals surface area contributed by atoms with Crippen LogP contribution in [0.1, 0.15) is 88.2 Å². The summed E-state index contributed by atoms with van der Waals surface area (Å²) < 4.78 is 5.19. The Bertz CT molecular complexity index is 1560. The fourth-order valence-corrected chi connectivity index (χ4v) is 6.61. The number of carbonyl (C=O) groups is 9. The molecular weight excluding hydrogens is 600 g/mol. The summed E-state index contributed by atoms with van der Waals surface area (Å²) in [7, 11) is 1.21. The van der Waals surface area contributed by atoms with E-state index < -0.39 is 111 Å². The van der Waals surface area contributed by atoms with E-state index in [1.165, 1.54) is 27.9 Å². The fourth-order valence-electron chi connectivity index (χ4n) is 6.61. The van der Waals surface area contributed by atoms with Crippen molar-refractivity contribution in [1.29, 1.82) is 0 Å². The molecule has 1 aromatic carbocycles. The third-order valence-electron chi connectivity index (χ3n) is 9.19. The van der Waals surface area contributed by atoms with Crippen LogP contribution in [0.4, 0.5) is 0 Å². The minimum atomic E-state index is -1.93. The Balaban J connectivity index is 2.16. The summed E-state index contributed by atoms with van der Waals surface area (Å²) in [5, 5.41) is 22.0. The molecule has 248 valence electrons. The standard InChI is InChI=1S/C34H40O12/c1-8-10-20(36)23-28(41)17(12-16-25(38)14(3)31(46-7)22(15(4)35)27(16)40)26(39)18(29(23)42)13-19-30(43)24(21(37)11-9-2)33(45)34(5,6)32(19)44/h17-19,23-24,38,40H,8-13H2,1-7H3. The van der Waals surface area contributed by atoms with Gasteiger partial charge in [0.2, 0.25) is 0 Å². The van der Waals surface area contributed by atoms with Gasteiger partial charge in [-0.05, 0) is 53.4 Å². The third kappa shape index (κ3) is 5.96. The summed E-state index contributed by atoms with van der Waals surface area (Å²) >= 11 is 0. The average Bonchev–Trinajstić information content (AvgIpc) is 2.97. The molecule has 3 rings (SSSR count). The zero-order valence-corrected chi connectivity index (χ0v) is 27.1. The predicted octanol–water partition coefficient (Wildman–Crippen LogP) is 2.84. The summed E-state index contributed by atoms with van der Waals surface area (Å²) in [5.41, 5.74) is -2.45. The van der Waals surface area contributed by atoms with Gasteiger partial charge in [-0.1, -0.05) is 13.8 Å². The topological polar surface area (TPSA) is 203 Å².